The van der Waals surface area contributed by atoms with Crippen LogP contribution in [0.4, 0.5) is 4.39 Å². The molecular weight excluding hydrogens is 273 g/mol. The van der Waals surface area contributed by atoms with Gasteiger partial charge >= 0.3 is 0 Å². The third-order valence-corrected chi connectivity index (χ3v) is 4.64. The summed E-state index contributed by atoms with van der Waals surface area (Å²) in [6.45, 7) is 6.12. The van der Waals surface area contributed by atoms with Gasteiger partial charge in [-0.2, -0.15) is 0 Å². The van der Waals surface area contributed by atoms with Crippen molar-refractivity contribution in [3.63, 3.8) is 0 Å². The quantitative estimate of drug-likeness (QED) is 0.763. The number of nitrogens with one attached hydrogen (secondary N) is 1. The van der Waals surface area contributed by atoms with E-state index in [9.17, 15) is 4.39 Å². The Morgan fingerprint density at radius 3 is 2.65 bits per heavy atom. The molecule has 1 nitrogen and oxygen atoms in total. The van der Waals surface area contributed by atoms with Crippen molar-refractivity contribution in [1.82, 2.24) is 5.32 Å². The van der Waals surface area contributed by atoms with E-state index in [2.05, 4.69) is 19.2 Å². The van der Waals surface area contributed by atoms with Crippen molar-refractivity contribution >= 4 is 11.6 Å². The predicted octanol–water partition coefficient (Wildman–Crippen LogP) is 5.18. The number of rotatable bonds is 6. The van der Waals surface area contributed by atoms with E-state index in [-0.39, 0.29) is 10.8 Å². The minimum absolute atomic E-state index is 0.210. The summed E-state index contributed by atoms with van der Waals surface area (Å²) in [5.74, 6) is 0.434. The molecule has 20 heavy (non-hydrogen) atoms. The van der Waals surface area contributed by atoms with Crippen LogP contribution in [0.3, 0.4) is 0 Å². The van der Waals surface area contributed by atoms with Crippen LogP contribution >= 0.6 is 11.6 Å². The summed E-state index contributed by atoms with van der Waals surface area (Å²) >= 11 is 5.81. The first-order valence-corrected chi connectivity index (χ1v) is 8.04. The molecule has 3 heteroatoms. The van der Waals surface area contributed by atoms with Gasteiger partial charge in [-0.3, -0.25) is 0 Å². The standard InChI is InChI=1S/C17H25ClFN/c1-13(2)10-17(8-3-4-9-17)12-20-11-14-6-5-7-15(18)16(14)19/h5-7,13,20H,3-4,8-12H2,1-2H3. The molecule has 0 spiro atoms. The lowest BCUT2D eigenvalue weighted by molar-refractivity contribution is 0.223. The topological polar surface area (TPSA) is 12.0 Å². The van der Waals surface area contributed by atoms with Gasteiger partial charge in [0, 0.05) is 18.7 Å². The summed E-state index contributed by atoms with van der Waals surface area (Å²) in [4.78, 5) is 0. The van der Waals surface area contributed by atoms with Gasteiger partial charge in [-0.25, -0.2) is 4.39 Å². The molecule has 1 aliphatic carbocycles. The van der Waals surface area contributed by atoms with Gasteiger partial charge in [0.2, 0.25) is 0 Å². The first-order chi connectivity index (χ1) is 9.52. The molecule has 0 bridgehead atoms. The highest BCUT2D eigenvalue weighted by atomic mass is 35.5. The lowest BCUT2D eigenvalue weighted by Gasteiger charge is -2.31. The van der Waals surface area contributed by atoms with E-state index in [0.717, 1.165) is 12.5 Å². The monoisotopic (exact) mass is 297 g/mol. The maximum absolute atomic E-state index is 13.8. The van der Waals surface area contributed by atoms with E-state index in [0.29, 0.717) is 17.5 Å². The molecule has 2 rings (SSSR count). The van der Waals surface area contributed by atoms with Crippen LogP contribution in [-0.2, 0) is 6.54 Å². The van der Waals surface area contributed by atoms with Gasteiger partial charge in [-0.1, -0.05) is 50.4 Å². The fraction of sp³-hybridized carbons (Fsp3) is 0.647. The van der Waals surface area contributed by atoms with Gasteiger partial charge in [0.25, 0.3) is 0 Å². The minimum atomic E-state index is -0.286. The minimum Gasteiger partial charge on any atom is -0.312 e. The van der Waals surface area contributed by atoms with Crippen LogP contribution in [-0.4, -0.2) is 6.54 Å². The second-order valence-corrected chi connectivity index (χ2v) is 7.03. The van der Waals surface area contributed by atoms with Gasteiger partial charge in [0.05, 0.1) is 5.02 Å². The first-order valence-electron chi connectivity index (χ1n) is 7.66. The zero-order valence-corrected chi connectivity index (χ0v) is 13.3. The number of hydrogen-bond donors (Lipinski definition) is 1. The fourth-order valence-corrected chi connectivity index (χ4v) is 3.79. The van der Waals surface area contributed by atoms with E-state index in [1.807, 2.05) is 6.07 Å². The summed E-state index contributed by atoms with van der Waals surface area (Å²) in [6.07, 6.45) is 6.53. The maximum Gasteiger partial charge on any atom is 0.146 e. The summed E-state index contributed by atoms with van der Waals surface area (Å²) in [5.41, 5.74) is 1.08. The van der Waals surface area contributed by atoms with Gasteiger partial charge < -0.3 is 5.32 Å². The highest BCUT2D eigenvalue weighted by Gasteiger charge is 2.33. The van der Waals surface area contributed by atoms with Crippen molar-refractivity contribution in [3.8, 4) is 0 Å². The highest BCUT2D eigenvalue weighted by molar-refractivity contribution is 6.30. The van der Waals surface area contributed by atoms with Crippen molar-refractivity contribution in [2.45, 2.75) is 52.5 Å². The Kier molecular flexibility index (Phi) is 5.45. The molecular formula is C17H25ClFN. The second-order valence-electron chi connectivity index (χ2n) is 6.62. The van der Waals surface area contributed by atoms with Crippen LogP contribution in [0.25, 0.3) is 0 Å². The van der Waals surface area contributed by atoms with Crippen LogP contribution in [0.15, 0.2) is 18.2 Å². The van der Waals surface area contributed by atoms with E-state index in [1.54, 1.807) is 12.1 Å². The van der Waals surface area contributed by atoms with Crippen LogP contribution in [0.2, 0.25) is 5.02 Å². The van der Waals surface area contributed by atoms with Gasteiger partial charge in [0.15, 0.2) is 0 Å². The van der Waals surface area contributed by atoms with Gasteiger partial charge in [-0.05, 0) is 36.7 Å². The lowest BCUT2D eigenvalue weighted by atomic mass is 9.78. The molecule has 0 radical (unpaired) electrons. The molecule has 1 N–H and O–H groups in total. The fourth-order valence-electron chi connectivity index (χ4n) is 3.59. The molecule has 0 atom stereocenters. The lowest BCUT2D eigenvalue weighted by Crippen LogP contribution is -2.33. The predicted molar refractivity (Wildman–Crippen MR) is 83.5 cm³/mol. The Balaban J connectivity index is 1.92. The van der Waals surface area contributed by atoms with Crippen molar-refractivity contribution in [3.05, 3.63) is 34.6 Å². The number of halogens is 2. The summed E-state index contributed by atoms with van der Waals surface area (Å²) < 4.78 is 13.8. The maximum atomic E-state index is 13.8. The van der Waals surface area contributed by atoms with Crippen LogP contribution in [0.5, 0.6) is 0 Å². The first kappa shape index (κ1) is 15.8. The van der Waals surface area contributed by atoms with E-state index in [1.165, 1.54) is 32.1 Å². The molecule has 0 heterocycles. The van der Waals surface area contributed by atoms with Crippen molar-refractivity contribution in [2.75, 3.05) is 6.54 Å². The summed E-state index contributed by atoms with van der Waals surface area (Å²) in [6, 6.07) is 5.21. The average molecular weight is 298 g/mol. The Bertz CT molecular complexity index is 439. The van der Waals surface area contributed by atoms with Crippen LogP contribution in [0, 0.1) is 17.2 Å². The Morgan fingerprint density at radius 1 is 1.30 bits per heavy atom. The Hall–Kier alpha value is -0.600. The normalized spacial score (nSPS) is 17.9. The molecule has 112 valence electrons. The van der Waals surface area contributed by atoms with Crippen molar-refractivity contribution in [1.29, 1.82) is 0 Å². The molecule has 0 unspecified atom stereocenters. The van der Waals surface area contributed by atoms with E-state index < -0.39 is 0 Å². The highest BCUT2D eigenvalue weighted by Crippen LogP contribution is 2.42. The third-order valence-electron chi connectivity index (χ3n) is 4.35. The third kappa shape index (κ3) is 3.95. The molecule has 1 aliphatic rings. The van der Waals surface area contributed by atoms with Gasteiger partial charge in [0.1, 0.15) is 5.82 Å². The Labute approximate surface area is 126 Å². The van der Waals surface area contributed by atoms with Crippen LogP contribution < -0.4 is 5.32 Å². The smallest absolute Gasteiger partial charge is 0.146 e. The molecule has 1 fully saturated rings. The summed E-state index contributed by atoms with van der Waals surface area (Å²) in [7, 11) is 0. The van der Waals surface area contributed by atoms with E-state index >= 15 is 0 Å². The number of benzene rings is 1. The van der Waals surface area contributed by atoms with Crippen molar-refractivity contribution < 1.29 is 4.39 Å². The second kappa shape index (κ2) is 6.91. The average Bonchev–Trinajstić information content (AvgIpc) is 2.82. The molecule has 1 aromatic rings. The van der Waals surface area contributed by atoms with Crippen molar-refractivity contribution in [2.24, 2.45) is 11.3 Å². The molecule has 0 aliphatic heterocycles. The largest absolute Gasteiger partial charge is 0.312 e. The van der Waals surface area contributed by atoms with Crippen LogP contribution in [0.1, 0.15) is 51.5 Å². The number of hydrogen-bond acceptors (Lipinski definition) is 1. The zero-order valence-electron chi connectivity index (χ0n) is 12.5. The molecule has 1 aromatic carbocycles. The Morgan fingerprint density at radius 2 is 2.00 bits per heavy atom. The summed E-state index contributed by atoms with van der Waals surface area (Å²) in [5, 5.41) is 3.67. The molecule has 1 saturated carbocycles. The SMILES string of the molecule is CC(C)CC1(CNCc2cccc(Cl)c2F)CCCC1. The molecule has 0 saturated heterocycles. The van der Waals surface area contributed by atoms with E-state index in [4.69, 9.17) is 11.6 Å². The molecule has 0 aromatic heterocycles. The van der Waals surface area contributed by atoms with Gasteiger partial charge in [-0.15, -0.1) is 0 Å². The molecule has 0 amide bonds. The zero-order chi connectivity index (χ0) is 14.6.